The molecule has 1 aliphatic rings. The van der Waals surface area contributed by atoms with Gasteiger partial charge in [0.25, 0.3) is 0 Å². The lowest BCUT2D eigenvalue weighted by Gasteiger charge is -2.32. The van der Waals surface area contributed by atoms with E-state index < -0.39 is 24.1 Å². The third kappa shape index (κ3) is 5.06. The Hall–Kier alpha value is -1.30. The summed E-state index contributed by atoms with van der Waals surface area (Å²) in [5, 5.41) is 23.3. The third-order valence-corrected chi connectivity index (χ3v) is 3.55. The molecular weight excluding hydrogens is 248 g/mol. The van der Waals surface area contributed by atoms with Crippen molar-refractivity contribution in [2.45, 2.75) is 58.2 Å². The summed E-state index contributed by atoms with van der Waals surface area (Å²) >= 11 is 0. The molecule has 1 aliphatic carbocycles. The minimum Gasteiger partial charge on any atom is -0.480 e. The molecule has 4 atom stereocenters. The van der Waals surface area contributed by atoms with Crippen LogP contribution in [0, 0.1) is 11.8 Å². The number of carbonyl (C=O) groups excluding carboxylic acids is 1. The van der Waals surface area contributed by atoms with Gasteiger partial charge in [-0.25, -0.2) is 9.59 Å². The van der Waals surface area contributed by atoms with E-state index in [4.69, 9.17) is 5.11 Å². The van der Waals surface area contributed by atoms with E-state index in [9.17, 15) is 14.7 Å². The Morgan fingerprint density at radius 2 is 1.68 bits per heavy atom. The number of nitrogens with one attached hydrogen (secondary N) is 2. The molecule has 2 amide bonds. The Morgan fingerprint density at radius 3 is 2.11 bits per heavy atom. The Morgan fingerprint density at radius 1 is 1.16 bits per heavy atom. The summed E-state index contributed by atoms with van der Waals surface area (Å²) in [6.45, 7) is 5.64. The fourth-order valence-corrected chi connectivity index (χ4v) is 2.82. The molecule has 2 unspecified atom stereocenters. The van der Waals surface area contributed by atoms with Crippen LogP contribution in [0.25, 0.3) is 0 Å². The molecule has 4 N–H and O–H groups in total. The average Bonchev–Trinajstić information content (AvgIpc) is 2.23. The lowest BCUT2D eigenvalue weighted by Crippen LogP contribution is -2.53. The van der Waals surface area contributed by atoms with Crippen LogP contribution in [0.3, 0.4) is 0 Å². The predicted octanol–water partition coefficient (Wildman–Crippen LogP) is 0.944. The van der Waals surface area contributed by atoms with Crippen molar-refractivity contribution in [1.82, 2.24) is 10.6 Å². The van der Waals surface area contributed by atoms with E-state index in [2.05, 4.69) is 24.5 Å². The largest absolute Gasteiger partial charge is 0.480 e. The van der Waals surface area contributed by atoms with Crippen molar-refractivity contribution in [1.29, 1.82) is 0 Å². The molecule has 0 saturated heterocycles. The van der Waals surface area contributed by atoms with Crippen LogP contribution in [0.1, 0.15) is 40.0 Å². The molecule has 19 heavy (non-hydrogen) atoms. The van der Waals surface area contributed by atoms with Crippen molar-refractivity contribution in [3.63, 3.8) is 0 Å². The first-order valence-corrected chi connectivity index (χ1v) is 6.77. The second-order valence-corrected chi connectivity index (χ2v) is 5.79. The first-order valence-electron chi connectivity index (χ1n) is 6.77. The molecule has 0 bridgehead atoms. The van der Waals surface area contributed by atoms with E-state index in [1.807, 2.05) is 0 Å². The van der Waals surface area contributed by atoms with Crippen LogP contribution in [0.2, 0.25) is 0 Å². The van der Waals surface area contributed by atoms with Crippen molar-refractivity contribution in [3.05, 3.63) is 0 Å². The highest BCUT2D eigenvalue weighted by Crippen LogP contribution is 2.28. The Balaban J connectivity index is 2.48. The number of hydrogen-bond donors (Lipinski definition) is 4. The zero-order valence-corrected chi connectivity index (χ0v) is 11.7. The van der Waals surface area contributed by atoms with Gasteiger partial charge in [0.15, 0.2) is 6.04 Å². The maximum Gasteiger partial charge on any atom is 0.328 e. The number of amides is 2. The molecular formula is C13H24N2O4. The Bertz CT molecular complexity index is 323. The number of carbonyl (C=O) groups is 2. The van der Waals surface area contributed by atoms with Crippen LogP contribution < -0.4 is 10.6 Å². The number of carboxylic acids is 1. The molecule has 0 radical (unpaired) electrons. The summed E-state index contributed by atoms with van der Waals surface area (Å²) in [5.74, 6) is -0.127. The van der Waals surface area contributed by atoms with Gasteiger partial charge in [0.05, 0.1) is 6.10 Å². The summed E-state index contributed by atoms with van der Waals surface area (Å²) in [6.07, 6.45) is 1.84. The summed E-state index contributed by atoms with van der Waals surface area (Å²) in [6, 6.07) is -1.74. The standard InChI is InChI=1S/C13H24N2O4/c1-7-4-8(2)6-10(5-7)14-13(19)15-11(9(3)16)12(17)18/h7-11,16H,4-6H2,1-3H3,(H,17,18)(H2,14,15,19)/t7?,8?,9-,10?,11+/m1/s1. The second-order valence-electron chi connectivity index (χ2n) is 5.79. The average molecular weight is 272 g/mol. The van der Waals surface area contributed by atoms with Gasteiger partial charge in [0.2, 0.25) is 0 Å². The summed E-state index contributed by atoms with van der Waals surface area (Å²) in [4.78, 5) is 22.6. The first-order chi connectivity index (χ1) is 8.79. The monoisotopic (exact) mass is 272 g/mol. The molecule has 0 aromatic heterocycles. The highest BCUT2D eigenvalue weighted by atomic mass is 16.4. The molecule has 110 valence electrons. The smallest absolute Gasteiger partial charge is 0.328 e. The maximum atomic E-state index is 11.7. The Kier molecular flexibility index (Phi) is 5.60. The number of hydrogen-bond acceptors (Lipinski definition) is 3. The summed E-state index contributed by atoms with van der Waals surface area (Å²) in [5.41, 5.74) is 0. The van der Waals surface area contributed by atoms with Crippen LogP contribution in [0.5, 0.6) is 0 Å². The zero-order chi connectivity index (χ0) is 14.6. The molecule has 0 spiro atoms. The van der Waals surface area contributed by atoms with Crippen LogP contribution in [-0.2, 0) is 4.79 Å². The van der Waals surface area contributed by atoms with Crippen molar-refractivity contribution in [2.24, 2.45) is 11.8 Å². The van der Waals surface area contributed by atoms with Gasteiger partial charge in [0, 0.05) is 6.04 Å². The normalized spacial score (nSPS) is 30.2. The second kappa shape index (κ2) is 6.75. The number of aliphatic carboxylic acids is 1. The highest BCUT2D eigenvalue weighted by Gasteiger charge is 2.28. The van der Waals surface area contributed by atoms with Crippen LogP contribution >= 0.6 is 0 Å². The van der Waals surface area contributed by atoms with E-state index in [0.717, 1.165) is 19.3 Å². The predicted molar refractivity (Wildman–Crippen MR) is 70.7 cm³/mol. The number of aliphatic hydroxyl groups is 1. The van der Waals surface area contributed by atoms with Gasteiger partial charge < -0.3 is 20.8 Å². The SMILES string of the molecule is CC1CC(C)CC(NC(=O)N[C@H](C(=O)O)[C@@H](C)O)C1. The molecule has 0 aromatic carbocycles. The zero-order valence-electron chi connectivity index (χ0n) is 11.7. The van der Waals surface area contributed by atoms with Gasteiger partial charge in [-0.05, 0) is 38.0 Å². The molecule has 6 nitrogen and oxygen atoms in total. The van der Waals surface area contributed by atoms with E-state index in [1.54, 1.807) is 0 Å². The molecule has 0 heterocycles. The molecule has 0 aromatic rings. The highest BCUT2D eigenvalue weighted by molar-refractivity contribution is 5.83. The van der Waals surface area contributed by atoms with E-state index in [0.29, 0.717) is 11.8 Å². The van der Waals surface area contributed by atoms with E-state index >= 15 is 0 Å². The number of carboxylic acid groups (broad SMARTS) is 1. The van der Waals surface area contributed by atoms with Crippen LogP contribution in [-0.4, -0.2) is 40.4 Å². The topological polar surface area (TPSA) is 98.7 Å². The number of urea groups is 1. The number of aliphatic hydroxyl groups excluding tert-OH is 1. The summed E-state index contributed by atoms with van der Waals surface area (Å²) < 4.78 is 0. The molecule has 1 saturated carbocycles. The Labute approximate surface area is 113 Å². The first kappa shape index (κ1) is 15.8. The van der Waals surface area contributed by atoms with Gasteiger partial charge in [0.1, 0.15) is 0 Å². The fraction of sp³-hybridized carbons (Fsp3) is 0.846. The minimum atomic E-state index is -1.28. The van der Waals surface area contributed by atoms with Gasteiger partial charge >= 0.3 is 12.0 Å². The van der Waals surface area contributed by atoms with Crippen LogP contribution in [0.4, 0.5) is 4.79 Å². The van der Waals surface area contributed by atoms with E-state index in [-0.39, 0.29) is 6.04 Å². The maximum absolute atomic E-state index is 11.7. The van der Waals surface area contributed by atoms with Gasteiger partial charge in [-0.1, -0.05) is 13.8 Å². The van der Waals surface area contributed by atoms with Crippen molar-refractivity contribution in [2.75, 3.05) is 0 Å². The fourth-order valence-electron chi connectivity index (χ4n) is 2.82. The minimum absolute atomic E-state index is 0.0715. The van der Waals surface area contributed by atoms with E-state index in [1.165, 1.54) is 6.92 Å². The molecule has 0 aliphatic heterocycles. The van der Waals surface area contributed by atoms with Crippen molar-refractivity contribution in [3.8, 4) is 0 Å². The molecule has 1 rings (SSSR count). The van der Waals surface area contributed by atoms with Gasteiger partial charge in [-0.3, -0.25) is 0 Å². The number of rotatable bonds is 4. The third-order valence-electron chi connectivity index (χ3n) is 3.55. The lowest BCUT2D eigenvalue weighted by molar-refractivity contribution is -0.141. The van der Waals surface area contributed by atoms with Crippen molar-refractivity contribution >= 4 is 12.0 Å². The summed E-state index contributed by atoms with van der Waals surface area (Å²) in [7, 11) is 0. The van der Waals surface area contributed by atoms with Crippen molar-refractivity contribution < 1.29 is 19.8 Å². The molecule has 1 fully saturated rings. The lowest BCUT2D eigenvalue weighted by atomic mass is 9.80. The van der Waals surface area contributed by atoms with Gasteiger partial charge in [-0.15, -0.1) is 0 Å². The molecule has 6 heteroatoms. The quantitative estimate of drug-likeness (QED) is 0.612. The van der Waals surface area contributed by atoms with Crippen LogP contribution in [0.15, 0.2) is 0 Å². The van der Waals surface area contributed by atoms with Gasteiger partial charge in [-0.2, -0.15) is 0 Å².